The van der Waals surface area contributed by atoms with Gasteiger partial charge >= 0.3 is 0 Å². The first-order valence-electron chi connectivity index (χ1n) is 6.32. The lowest BCUT2D eigenvalue weighted by molar-refractivity contribution is 0.0613. The van der Waals surface area contributed by atoms with Gasteiger partial charge in [-0.3, -0.25) is 0 Å². The number of hydrogen-bond donors (Lipinski definition) is 2. The summed E-state index contributed by atoms with van der Waals surface area (Å²) in [4.78, 5) is 0.212. The first kappa shape index (κ1) is 14.3. The van der Waals surface area contributed by atoms with Crippen LogP contribution in [0.25, 0.3) is 0 Å². The van der Waals surface area contributed by atoms with Crippen LogP contribution in [0.15, 0.2) is 23.1 Å². The maximum absolute atomic E-state index is 12.1. The van der Waals surface area contributed by atoms with E-state index in [2.05, 4.69) is 4.72 Å². The van der Waals surface area contributed by atoms with Crippen LogP contribution < -0.4 is 9.46 Å². The number of nitrogens with one attached hydrogen (secondary N) is 1. The van der Waals surface area contributed by atoms with Crippen LogP contribution in [0.5, 0.6) is 5.75 Å². The van der Waals surface area contributed by atoms with Gasteiger partial charge in [-0.15, -0.1) is 0 Å². The normalized spacial score (nSPS) is 17.6. The SMILES string of the molecule is CCC(C)(O)CNS(=O)(=O)c1ccc2c(c1)CCO2. The molecule has 106 valence electrons. The van der Waals surface area contributed by atoms with E-state index < -0.39 is 15.6 Å². The van der Waals surface area contributed by atoms with Crippen molar-refractivity contribution in [2.75, 3.05) is 13.2 Å². The number of aliphatic hydroxyl groups is 1. The lowest BCUT2D eigenvalue weighted by atomic mass is 10.1. The molecule has 19 heavy (non-hydrogen) atoms. The maximum atomic E-state index is 12.1. The van der Waals surface area contributed by atoms with E-state index in [-0.39, 0.29) is 11.4 Å². The van der Waals surface area contributed by atoms with Crippen molar-refractivity contribution in [3.05, 3.63) is 23.8 Å². The average Bonchev–Trinajstić information content (AvgIpc) is 2.84. The average molecular weight is 285 g/mol. The highest BCUT2D eigenvalue weighted by atomic mass is 32.2. The Morgan fingerprint density at radius 1 is 1.47 bits per heavy atom. The molecule has 0 aliphatic carbocycles. The molecule has 1 atom stereocenters. The number of benzene rings is 1. The maximum Gasteiger partial charge on any atom is 0.240 e. The van der Waals surface area contributed by atoms with E-state index in [1.165, 1.54) is 6.07 Å². The van der Waals surface area contributed by atoms with Crippen LogP contribution in [-0.2, 0) is 16.4 Å². The van der Waals surface area contributed by atoms with Gasteiger partial charge in [0, 0.05) is 13.0 Å². The van der Waals surface area contributed by atoms with E-state index in [0.29, 0.717) is 13.0 Å². The number of sulfonamides is 1. The van der Waals surface area contributed by atoms with Gasteiger partial charge in [0.1, 0.15) is 5.75 Å². The molecule has 1 aliphatic heterocycles. The minimum Gasteiger partial charge on any atom is -0.493 e. The van der Waals surface area contributed by atoms with E-state index in [9.17, 15) is 13.5 Å². The molecule has 2 N–H and O–H groups in total. The second-order valence-corrected chi connectivity index (χ2v) is 6.81. The Labute approximate surface area is 113 Å². The summed E-state index contributed by atoms with van der Waals surface area (Å²) in [6, 6.07) is 4.83. The van der Waals surface area contributed by atoms with Crippen molar-refractivity contribution < 1.29 is 18.3 Å². The minimum absolute atomic E-state index is 0.000577. The fourth-order valence-electron chi connectivity index (χ4n) is 1.79. The molecule has 0 spiro atoms. The molecular weight excluding hydrogens is 266 g/mol. The van der Waals surface area contributed by atoms with Crippen LogP contribution in [0.4, 0.5) is 0 Å². The lowest BCUT2D eigenvalue weighted by Gasteiger charge is -2.21. The van der Waals surface area contributed by atoms with Crippen LogP contribution in [0.2, 0.25) is 0 Å². The second kappa shape index (κ2) is 5.11. The van der Waals surface area contributed by atoms with Gasteiger partial charge in [0.2, 0.25) is 10.0 Å². The lowest BCUT2D eigenvalue weighted by Crippen LogP contribution is -2.40. The highest BCUT2D eigenvalue weighted by Gasteiger charge is 2.23. The van der Waals surface area contributed by atoms with Gasteiger partial charge in [-0.25, -0.2) is 13.1 Å². The zero-order valence-corrected chi connectivity index (χ0v) is 12.0. The Hall–Kier alpha value is -1.11. The third kappa shape index (κ3) is 3.26. The van der Waals surface area contributed by atoms with Crippen molar-refractivity contribution >= 4 is 10.0 Å². The fourth-order valence-corrected chi connectivity index (χ4v) is 3.00. The molecule has 0 amide bonds. The summed E-state index contributed by atoms with van der Waals surface area (Å²) in [5.74, 6) is 0.750. The van der Waals surface area contributed by atoms with Crippen molar-refractivity contribution in [2.45, 2.75) is 37.2 Å². The van der Waals surface area contributed by atoms with Gasteiger partial charge in [0.05, 0.1) is 17.1 Å². The summed E-state index contributed by atoms with van der Waals surface area (Å²) in [6.45, 7) is 4.00. The first-order chi connectivity index (χ1) is 8.84. The van der Waals surface area contributed by atoms with E-state index in [4.69, 9.17) is 4.74 Å². The van der Waals surface area contributed by atoms with Gasteiger partial charge in [-0.2, -0.15) is 0 Å². The summed E-state index contributed by atoms with van der Waals surface area (Å²) in [5, 5.41) is 9.84. The van der Waals surface area contributed by atoms with Crippen LogP contribution in [-0.4, -0.2) is 32.3 Å². The number of rotatable bonds is 5. The zero-order valence-electron chi connectivity index (χ0n) is 11.1. The Kier molecular flexibility index (Phi) is 3.85. The third-order valence-corrected chi connectivity index (χ3v) is 4.77. The molecule has 0 aromatic heterocycles. The Morgan fingerprint density at radius 2 is 2.21 bits per heavy atom. The smallest absolute Gasteiger partial charge is 0.240 e. The van der Waals surface area contributed by atoms with Crippen molar-refractivity contribution in [3.63, 3.8) is 0 Å². The monoisotopic (exact) mass is 285 g/mol. The molecule has 1 aromatic carbocycles. The van der Waals surface area contributed by atoms with E-state index >= 15 is 0 Å². The Morgan fingerprint density at radius 3 is 2.89 bits per heavy atom. The number of hydrogen-bond acceptors (Lipinski definition) is 4. The third-order valence-electron chi connectivity index (χ3n) is 3.38. The molecule has 0 fully saturated rings. The molecule has 1 aromatic rings. The molecule has 0 saturated carbocycles. The van der Waals surface area contributed by atoms with Gasteiger partial charge < -0.3 is 9.84 Å². The topological polar surface area (TPSA) is 75.6 Å². The Bertz CT molecular complexity index is 566. The molecule has 5 nitrogen and oxygen atoms in total. The van der Waals surface area contributed by atoms with Crippen molar-refractivity contribution in [3.8, 4) is 5.75 Å². The van der Waals surface area contributed by atoms with Gasteiger partial charge in [-0.1, -0.05) is 6.92 Å². The summed E-state index contributed by atoms with van der Waals surface area (Å²) in [5.41, 5.74) is -0.127. The standard InChI is InChI=1S/C13H19NO4S/c1-3-13(2,15)9-14-19(16,17)11-4-5-12-10(8-11)6-7-18-12/h4-5,8,14-15H,3,6-7,9H2,1-2H3. The fraction of sp³-hybridized carbons (Fsp3) is 0.538. The molecule has 6 heteroatoms. The highest BCUT2D eigenvalue weighted by molar-refractivity contribution is 7.89. The van der Waals surface area contributed by atoms with Gasteiger partial charge in [0.25, 0.3) is 0 Å². The first-order valence-corrected chi connectivity index (χ1v) is 7.80. The van der Waals surface area contributed by atoms with E-state index in [1.54, 1.807) is 26.0 Å². The zero-order chi connectivity index (χ0) is 14.1. The number of fused-ring (bicyclic) bond motifs is 1. The second-order valence-electron chi connectivity index (χ2n) is 5.04. The highest BCUT2D eigenvalue weighted by Crippen LogP contribution is 2.27. The van der Waals surface area contributed by atoms with Crippen LogP contribution in [0.1, 0.15) is 25.8 Å². The molecule has 0 radical (unpaired) electrons. The molecule has 0 saturated heterocycles. The summed E-state index contributed by atoms with van der Waals surface area (Å²) in [6.07, 6.45) is 1.21. The summed E-state index contributed by atoms with van der Waals surface area (Å²) in [7, 11) is -3.59. The largest absolute Gasteiger partial charge is 0.493 e. The predicted octanol–water partition coefficient (Wildman–Crippen LogP) is 1.06. The van der Waals surface area contributed by atoms with Crippen molar-refractivity contribution in [2.24, 2.45) is 0 Å². The van der Waals surface area contributed by atoms with Crippen LogP contribution in [0, 0.1) is 0 Å². The number of ether oxygens (including phenoxy) is 1. The van der Waals surface area contributed by atoms with Crippen molar-refractivity contribution in [1.82, 2.24) is 4.72 Å². The van der Waals surface area contributed by atoms with Crippen LogP contribution in [0.3, 0.4) is 0 Å². The molecule has 0 bridgehead atoms. The quantitative estimate of drug-likeness (QED) is 0.848. The summed E-state index contributed by atoms with van der Waals surface area (Å²) >= 11 is 0. The minimum atomic E-state index is -3.59. The molecule has 1 heterocycles. The van der Waals surface area contributed by atoms with E-state index in [0.717, 1.165) is 17.7 Å². The van der Waals surface area contributed by atoms with E-state index in [1.807, 2.05) is 0 Å². The van der Waals surface area contributed by atoms with Crippen molar-refractivity contribution in [1.29, 1.82) is 0 Å². The van der Waals surface area contributed by atoms with Crippen LogP contribution >= 0.6 is 0 Å². The predicted molar refractivity (Wildman–Crippen MR) is 71.7 cm³/mol. The molecule has 1 aliphatic rings. The summed E-state index contributed by atoms with van der Waals surface area (Å²) < 4.78 is 32.0. The molecule has 1 unspecified atom stereocenters. The van der Waals surface area contributed by atoms with Gasteiger partial charge in [0.15, 0.2) is 0 Å². The molecular formula is C13H19NO4S. The molecule has 2 rings (SSSR count). The van der Waals surface area contributed by atoms with Gasteiger partial charge in [-0.05, 0) is 37.1 Å². The Balaban J connectivity index is 2.16.